The van der Waals surface area contributed by atoms with E-state index in [9.17, 15) is 9.90 Å². The van der Waals surface area contributed by atoms with Crippen molar-refractivity contribution in [3.63, 3.8) is 0 Å². The van der Waals surface area contributed by atoms with Crippen LogP contribution in [0.15, 0.2) is 0 Å². The minimum atomic E-state index is -1.91. The quantitative estimate of drug-likeness (QED) is 0.794. The number of rotatable bonds is 3. The van der Waals surface area contributed by atoms with Crippen molar-refractivity contribution in [2.24, 2.45) is 5.92 Å². The summed E-state index contributed by atoms with van der Waals surface area (Å²) < 4.78 is 11.9. The molecule has 0 aromatic heterocycles. The first kappa shape index (κ1) is 20.5. The van der Waals surface area contributed by atoms with Crippen molar-refractivity contribution < 1.29 is 19.1 Å². The molecule has 1 amide bonds. The highest BCUT2D eigenvalue weighted by atomic mass is 28.4. The maximum absolute atomic E-state index is 12.4. The van der Waals surface area contributed by atoms with E-state index in [4.69, 9.17) is 9.16 Å². The molecule has 1 rings (SSSR count). The molecule has 1 aliphatic rings. The largest absolute Gasteiger partial charge is 0.444 e. The molecule has 2 atom stereocenters. The van der Waals surface area contributed by atoms with Crippen molar-refractivity contribution in [1.82, 2.24) is 4.90 Å². The SMILES string of the molecule is CC(C)(C)OC(=O)N1C[C@@H](CO)C[C@@H](O[Si](C)(C)C(C)(C)C)C1. The van der Waals surface area contributed by atoms with Crippen LogP contribution in [0.2, 0.25) is 18.1 Å². The lowest BCUT2D eigenvalue weighted by molar-refractivity contribution is -0.0111. The molecule has 0 unspecified atom stereocenters. The van der Waals surface area contributed by atoms with E-state index < -0.39 is 13.9 Å². The summed E-state index contributed by atoms with van der Waals surface area (Å²) in [4.78, 5) is 14.0. The van der Waals surface area contributed by atoms with E-state index in [-0.39, 0.29) is 29.8 Å². The summed E-state index contributed by atoms with van der Waals surface area (Å²) in [6.45, 7) is 17.8. The molecule has 1 N–H and O–H groups in total. The number of piperidine rings is 1. The molecule has 1 saturated heterocycles. The highest BCUT2D eigenvalue weighted by molar-refractivity contribution is 6.74. The molecular weight excluding hydrogens is 310 g/mol. The van der Waals surface area contributed by atoms with Crippen molar-refractivity contribution in [3.05, 3.63) is 0 Å². The van der Waals surface area contributed by atoms with Gasteiger partial charge in [0, 0.05) is 25.6 Å². The van der Waals surface area contributed by atoms with Crippen LogP contribution in [0.3, 0.4) is 0 Å². The van der Waals surface area contributed by atoms with E-state index in [2.05, 4.69) is 33.9 Å². The van der Waals surface area contributed by atoms with E-state index in [0.29, 0.717) is 13.1 Å². The number of likely N-dealkylation sites (tertiary alicyclic amines) is 1. The molecular formula is C17H35NO4Si. The number of amides is 1. The van der Waals surface area contributed by atoms with Crippen LogP contribution in [0.4, 0.5) is 4.79 Å². The molecule has 0 saturated carbocycles. The van der Waals surface area contributed by atoms with Gasteiger partial charge in [0.05, 0.1) is 6.10 Å². The number of carbonyl (C=O) groups is 1. The van der Waals surface area contributed by atoms with E-state index in [1.807, 2.05) is 20.8 Å². The Kier molecular flexibility index (Phi) is 6.32. The molecule has 0 aliphatic carbocycles. The average molecular weight is 346 g/mol. The zero-order chi connectivity index (χ0) is 18.1. The number of carbonyl (C=O) groups excluding carboxylic acids is 1. The third-order valence-corrected chi connectivity index (χ3v) is 9.21. The Morgan fingerprint density at radius 2 is 1.74 bits per heavy atom. The third kappa shape index (κ3) is 6.08. The molecule has 23 heavy (non-hydrogen) atoms. The number of nitrogens with zero attached hydrogens (tertiary/aromatic N) is 1. The maximum atomic E-state index is 12.4. The molecule has 0 radical (unpaired) electrons. The molecule has 0 spiro atoms. The fourth-order valence-corrected chi connectivity index (χ4v) is 3.80. The summed E-state index contributed by atoms with van der Waals surface area (Å²) in [5, 5.41) is 9.70. The van der Waals surface area contributed by atoms with Crippen molar-refractivity contribution in [1.29, 1.82) is 0 Å². The number of ether oxygens (including phenoxy) is 1. The lowest BCUT2D eigenvalue weighted by Gasteiger charge is -2.44. The van der Waals surface area contributed by atoms with Gasteiger partial charge in [-0.15, -0.1) is 0 Å². The van der Waals surface area contributed by atoms with E-state index in [1.165, 1.54) is 0 Å². The second-order valence-electron chi connectivity index (χ2n) is 9.17. The molecule has 5 nitrogen and oxygen atoms in total. The van der Waals surface area contributed by atoms with Gasteiger partial charge in [0.1, 0.15) is 5.60 Å². The van der Waals surface area contributed by atoms with Crippen LogP contribution >= 0.6 is 0 Å². The highest BCUT2D eigenvalue weighted by Gasteiger charge is 2.42. The number of aliphatic hydroxyl groups is 1. The zero-order valence-electron chi connectivity index (χ0n) is 16.1. The Labute approximate surface area is 142 Å². The second kappa shape index (κ2) is 7.11. The monoisotopic (exact) mass is 345 g/mol. The van der Waals surface area contributed by atoms with Crippen LogP contribution in [-0.4, -0.2) is 55.8 Å². The predicted octanol–water partition coefficient (Wildman–Crippen LogP) is 3.63. The standard InChI is InChI=1S/C17H35NO4Si/c1-16(2,3)21-15(20)18-10-13(12-19)9-14(11-18)22-23(7,8)17(4,5)6/h13-14,19H,9-12H2,1-8H3/t13-,14+/m0/s1. The summed E-state index contributed by atoms with van der Waals surface area (Å²) >= 11 is 0. The number of aliphatic hydroxyl groups excluding tert-OH is 1. The van der Waals surface area contributed by atoms with Gasteiger partial charge in [-0.05, 0) is 45.3 Å². The van der Waals surface area contributed by atoms with Gasteiger partial charge in [0.25, 0.3) is 0 Å². The van der Waals surface area contributed by atoms with Crippen LogP contribution in [0.1, 0.15) is 48.0 Å². The van der Waals surface area contributed by atoms with Crippen molar-refractivity contribution in [2.45, 2.75) is 77.8 Å². The van der Waals surface area contributed by atoms with Crippen LogP contribution in [0.5, 0.6) is 0 Å². The van der Waals surface area contributed by atoms with Gasteiger partial charge in [-0.1, -0.05) is 20.8 Å². The Morgan fingerprint density at radius 1 is 1.17 bits per heavy atom. The molecule has 1 fully saturated rings. The summed E-state index contributed by atoms with van der Waals surface area (Å²) in [5.41, 5.74) is -0.515. The topological polar surface area (TPSA) is 59.0 Å². The molecule has 0 aromatic carbocycles. The fourth-order valence-electron chi connectivity index (χ4n) is 2.44. The second-order valence-corrected chi connectivity index (χ2v) is 13.9. The number of hydrogen-bond donors (Lipinski definition) is 1. The van der Waals surface area contributed by atoms with Gasteiger partial charge in [0.2, 0.25) is 0 Å². The minimum Gasteiger partial charge on any atom is -0.444 e. The van der Waals surface area contributed by atoms with Gasteiger partial charge in [-0.3, -0.25) is 0 Å². The summed E-state index contributed by atoms with van der Waals surface area (Å²) in [6.07, 6.45) is 0.441. The predicted molar refractivity (Wildman–Crippen MR) is 95.1 cm³/mol. The van der Waals surface area contributed by atoms with E-state index in [0.717, 1.165) is 6.42 Å². The van der Waals surface area contributed by atoms with Gasteiger partial charge < -0.3 is 19.2 Å². The molecule has 1 aliphatic heterocycles. The van der Waals surface area contributed by atoms with Gasteiger partial charge in [0.15, 0.2) is 8.32 Å². The molecule has 136 valence electrons. The fraction of sp³-hybridized carbons (Fsp3) is 0.941. The smallest absolute Gasteiger partial charge is 0.410 e. The first-order valence-corrected chi connectivity index (χ1v) is 11.4. The van der Waals surface area contributed by atoms with E-state index >= 15 is 0 Å². The first-order chi connectivity index (χ1) is 10.2. The third-order valence-electron chi connectivity index (χ3n) is 4.68. The van der Waals surface area contributed by atoms with E-state index in [1.54, 1.807) is 4.90 Å². The van der Waals surface area contributed by atoms with Crippen LogP contribution in [0, 0.1) is 5.92 Å². The molecule has 1 heterocycles. The van der Waals surface area contributed by atoms with Crippen molar-refractivity contribution in [3.8, 4) is 0 Å². The summed E-state index contributed by atoms with van der Waals surface area (Å²) in [7, 11) is -1.91. The Balaban J connectivity index is 2.80. The Morgan fingerprint density at radius 3 is 2.17 bits per heavy atom. The maximum Gasteiger partial charge on any atom is 0.410 e. The van der Waals surface area contributed by atoms with Gasteiger partial charge in [-0.25, -0.2) is 4.79 Å². The highest BCUT2D eigenvalue weighted by Crippen LogP contribution is 2.38. The summed E-state index contributed by atoms with van der Waals surface area (Å²) in [6, 6.07) is 0. The molecule has 6 heteroatoms. The van der Waals surface area contributed by atoms with Gasteiger partial charge in [-0.2, -0.15) is 0 Å². The van der Waals surface area contributed by atoms with Gasteiger partial charge >= 0.3 is 6.09 Å². The Bertz CT molecular complexity index is 412. The van der Waals surface area contributed by atoms with Crippen LogP contribution < -0.4 is 0 Å². The summed E-state index contributed by atoms with van der Waals surface area (Å²) in [5.74, 6) is 0.0473. The molecule has 0 bridgehead atoms. The minimum absolute atomic E-state index is 0.0330. The first-order valence-electron chi connectivity index (χ1n) is 8.52. The lowest BCUT2D eigenvalue weighted by Crippen LogP contribution is -2.53. The van der Waals surface area contributed by atoms with Crippen molar-refractivity contribution >= 4 is 14.4 Å². The zero-order valence-corrected chi connectivity index (χ0v) is 17.1. The average Bonchev–Trinajstić information content (AvgIpc) is 2.34. The lowest BCUT2D eigenvalue weighted by atomic mass is 9.97. The van der Waals surface area contributed by atoms with Crippen molar-refractivity contribution in [2.75, 3.05) is 19.7 Å². The van der Waals surface area contributed by atoms with Crippen LogP contribution in [0.25, 0.3) is 0 Å². The Hall–Kier alpha value is -0.593. The molecule has 0 aromatic rings. The normalized spacial score (nSPS) is 23.8. The number of hydrogen-bond acceptors (Lipinski definition) is 4. The van der Waals surface area contributed by atoms with Crippen LogP contribution in [-0.2, 0) is 9.16 Å².